The van der Waals surface area contributed by atoms with Gasteiger partial charge in [-0.1, -0.05) is 12.2 Å². The molecule has 0 unspecified atom stereocenters. The van der Waals surface area contributed by atoms with E-state index in [4.69, 9.17) is 17.0 Å². The second kappa shape index (κ2) is 4.72. The molecule has 1 heterocycles. The number of hydrogen-bond donors (Lipinski definition) is 2. The van der Waals surface area contributed by atoms with E-state index in [9.17, 15) is 0 Å². The van der Waals surface area contributed by atoms with Crippen LogP contribution >= 0.6 is 12.2 Å². The highest BCUT2D eigenvalue weighted by Gasteiger charge is 2.25. The Morgan fingerprint density at radius 2 is 2.47 bits per heavy atom. The Bertz CT molecular complexity index is 386. The van der Waals surface area contributed by atoms with Crippen molar-refractivity contribution in [3.63, 3.8) is 0 Å². The van der Waals surface area contributed by atoms with E-state index in [1.165, 1.54) is 12.8 Å². The zero-order valence-electron chi connectivity index (χ0n) is 8.75. The van der Waals surface area contributed by atoms with Gasteiger partial charge in [-0.25, -0.2) is 4.98 Å². The van der Waals surface area contributed by atoms with Gasteiger partial charge in [0.05, 0.1) is 6.61 Å². The molecule has 0 amide bonds. The van der Waals surface area contributed by atoms with E-state index in [0.29, 0.717) is 17.2 Å². The average molecular weight is 225 g/mol. The molecule has 0 saturated heterocycles. The molecule has 1 fully saturated rings. The predicted molar refractivity (Wildman–Crippen MR) is 61.8 cm³/mol. The molecule has 82 valence electrons. The first-order valence-electron chi connectivity index (χ1n) is 5.13. The molecule has 2 rings (SSSR count). The number of hydrogen-bond acceptors (Lipinski definition) is 4. The smallest absolute Gasteiger partial charge is 0.131 e. The maximum absolute atomic E-state index is 5.11. The Hall–Kier alpha value is -0.940. The summed E-state index contributed by atoms with van der Waals surface area (Å²) < 4.78 is 5.61. The van der Waals surface area contributed by atoms with Crippen molar-refractivity contribution in [2.24, 2.45) is 0 Å². The summed E-state index contributed by atoms with van der Waals surface area (Å²) in [6.07, 6.45) is 2.44. The largest absolute Gasteiger partial charge is 0.383 e. The van der Waals surface area contributed by atoms with Gasteiger partial charge >= 0.3 is 0 Å². The lowest BCUT2D eigenvalue weighted by Crippen LogP contribution is -2.10. The highest BCUT2D eigenvalue weighted by molar-refractivity contribution is 7.71. The molecule has 1 aromatic heterocycles. The minimum absolute atomic E-state index is 0.593. The van der Waals surface area contributed by atoms with E-state index < -0.39 is 0 Å². The number of nitrogens with one attached hydrogen (secondary N) is 2. The number of H-pyrrole nitrogens is 1. The summed E-state index contributed by atoms with van der Waals surface area (Å²) in [6.45, 7) is 1.46. The van der Waals surface area contributed by atoms with Crippen molar-refractivity contribution in [3.8, 4) is 0 Å². The van der Waals surface area contributed by atoms with E-state index in [0.717, 1.165) is 18.2 Å². The van der Waals surface area contributed by atoms with Crippen LogP contribution in [-0.4, -0.2) is 30.2 Å². The van der Waals surface area contributed by atoms with Gasteiger partial charge in [-0.2, -0.15) is 0 Å². The Labute approximate surface area is 94.1 Å². The SMILES string of the molecule is COCCNc1cc(=S)nc(C2CC2)[nH]1. The predicted octanol–water partition coefficient (Wildman–Crippen LogP) is 2.07. The number of ether oxygens (including phenoxy) is 1. The van der Waals surface area contributed by atoms with Gasteiger partial charge in [0, 0.05) is 25.6 Å². The summed E-state index contributed by atoms with van der Waals surface area (Å²) in [4.78, 5) is 7.57. The van der Waals surface area contributed by atoms with Crippen LogP contribution in [0.2, 0.25) is 0 Å². The Kier molecular flexibility index (Phi) is 3.33. The molecule has 0 atom stereocenters. The van der Waals surface area contributed by atoms with Crippen LogP contribution in [0.5, 0.6) is 0 Å². The van der Waals surface area contributed by atoms with Gasteiger partial charge in [0.15, 0.2) is 0 Å². The van der Waals surface area contributed by atoms with E-state index in [1.807, 2.05) is 6.07 Å². The molecule has 15 heavy (non-hydrogen) atoms. The second-order valence-corrected chi connectivity index (χ2v) is 4.13. The molecule has 4 nitrogen and oxygen atoms in total. The molecular formula is C10H15N3OS. The highest BCUT2D eigenvalue weighted by Crippen LogP contribution is 2.38. The first-order chi connectivity index (χ1) is 7.29. The lowest BCUT2D eigenvalue weighted by molar-refractivity contribution is 0.210. The van der Waals surface area contributed by atoms with Crippen molar-refractivity contribution in [3.05, 3.63) is 16.5 Å². The van der Waals surface area contributed by atoms with Crippen molar-refractivity contribution < 1.29 is 4.74 Å². The van der Waals surface area contributed by atoms with E-state index >= 15 is 0 Å². The molecule has 1 aliphatic carbocycles. The molecular weight excluding hydrogens is 210 g/mol. The number of methoxy groups -OCH3 is 1. The molecule has 0 aliphatic heterocycles. The first-order valence-corrected chi connectivity index (χ1v) is 5.54. The minimum atomic E-state index is 0.593. The zero-order valence-corrected chi connectivity index (χ0v) is 9.56. The van der Waals surface area contributed by atoms with Crippen LogP contribution < -0.4 is 5.32 Å². The number of nitrogens with zero attached hydrogens (tertiary/aromatic N) is 1. The maximum atomic E-state index is 5.11. The summed E-state index contributed by atoms with van der Waals surface area (Å²) in [6, 6.07) is 1.84. The molecule has 5 heteroatoms. The molecule has 0 radical (unpaired) electrons. The second-order valence-electron chi connectivity index (χ2n) is 3.71. The Morgan fingerprint density at radius 1 is 1.67 bits per heavy atom. The van der Waals surface area contributed by atoms with E-state index in [1.54, 1.807) is 7.11 Å². The topological polar surface area (TPSA) is 49.9 Å². The number of anilines is 1. The monoisotopic (exact) mass is 225 g/mol. The summed E-state index contributed by atoms with van der Waals surface area (Å²) >= 11 is 5.11. The fraction of sp³-hybridized carbons (Fsp3) is 0.600. The number of rotatable bonds is 5. The standard InChI is InChI=1S/C10H15N3OS/c1-14-5-4-11-8-6-9(15)13-10(12-8)7-2-3-7/h6-7H,2-5H2,1H3,(H2,11,12,13,15). The van der Waals surface area contributed by atoms with Crippen LogP contribution in [0.1, 0.15) is 24.6 Å². The third-order valence-corrected chi connectivity index (χ3v) is 2.56. The van der Waals surface area contributed by atoms with Crippen molar-refractivity contribution >= 4 is 18.0 Å². The van der Waals surface area contributed by atoms with Gasteiger partial charge in [0.1, 0.15) is 16.3 Å². The fourth-order valence-electron chi connectivity index (χ4n) is 1.41. The lowest BCUT2D eigenvalue weighted by Gasteiger charge is -2.07. The van der Waals surface area contributed by atoms with Gasteiger partial charge in [-0.05, 0) is 12.8 Å². The third kappa shape index (κ3) is 3.00. The molecule has 0 aromatic carbocycles. The van der Waals surface area contributed by atoms with Crippen LogP contribution in [0.4, 0.5) is 5.82 Å². The van der Waals surface area contributed by atoms with E-state index in [2.05, 4.69) is 15.3 Å². The fourth-order valence-corrected chi connectivity index (χ4v) is 1.63. The van der Waals surface area contributed by atoms with Crippen LogP contribution in [0, 0.1) is 4.64 Å². The quantitative estimate of drug-likeness (QED) is 0.595. The van der Waals surface area contributed by atoms with Crippen molar-refractivity contribution in [1.29, 1.82) is 0 Å². The summed E-state index contributed by atoms with van der Waals surface area (Å²) in [7, 11) is 1.69. The van der Waals surface area contributed by atoms with Crippen LogP contribution in [0.25, 0.3) is 0 Å². The zero-order chi connectivity index (χ0) is 10.7. The van der Waals surface area contributed by atoms with Crippen molar-refractivity contribution in [2.75, 3.05) is 25.6 Å². The molecule has 1 aliphatic rings. The van der Waals surface area contributed by atoms with Gasteiger partial charge in [-0.3, -0.25) is 0 Å². The third-order valence-electron chi connectivity index (χ3n) is 2.35. The highest BCUT2D eigenvalue weighted by atomic mass is 32.1. The van der Waals surface area contributed by atoms with Gasteiger partial charge in [0.2, 0.25) is 0 Å². The minimum Gasteiger partial charge on any atom is -0.383 e. The van der Waals surface area contributed by atoms with Gasteiger partial charge in [0.25, 0.3) is 0 Å². The number of aromatic nitrogens is 2. The molecule has 0 spiro atoms. The molecule has 2 N–H and O–H groups in total. The average Bonchev–Trinajstić information content (AvgIpc) is 3.00. The van der Waals surface area contributed by atoms with Crippen molar-refractivity contribution in [1.82, 2.24) is 9.97 Å². The normalized spacial score (nSPS) is 15.3. The van der Waals surface area contributed by atoms with Crippen LogP contribution in [-0.2, 0) is 4.74 Å². The summed E-state index contributed by atoms with van der Waals surface area (Å²) in [5, 5.41) is 3.22. The van der Waals surface area contributed by atoms with Crippen LogP contribution in [0.15, 0.2) is 6.07 Å². The maximum Gasteiger partial charge on any atom is 0.131 e. The van der Waals surface area contributed by atoms with E-state index in [-0.39, 0.29) is 0 Å². The van der Waals surface area contributed by atoms with Crippen LogP contribution in [0.3, 0.4) is 0 Å². The summed E-state index contributed by atoms with van der Waals surface area (Å²) in [5.41, 5.74) is 0. The molecule has 1 aromatic rings. The Morgan fingerprint density at radius 3 is 3.13 bits per heavy atom. The Balaban J connectivity index is 2.06. The molecule has 1 saturated carbocycles. The molecule has 0 bridgehead atoms. The lowest BCUT2D eigenvalue weighted by atomic mass is 10.4. The first kappa shape index (κ1) is 10.6. The number of aromatic amines is 1. The van der Waals surface area contributed by atoms with Crippen molar-refractivity contribution in [2.45, 2.75) is 18.8 Å². The van der Waals surface area contributed by atoms with Gasteiger partial charge in [-0.15, -0.1) is 0 Å². The summed E-state index contributed by atoms with van der Waals surface area (Å²) in [5.74, 6) is 2.55. The van der Waals surface area contributed by atoms with Gasteiger partial charge < -0.3 is 15.0 Å².